The Hall–Kier alpha value is -2.94. The highest BCUT2D eigenvalue weighted by atomic mass is 16.6. The molecule has 0 unspecified atom stereocenters. The molecule has 2 aliphatic heterocycles. The summed E-state index contributed by atoms with van der Waals surface area (Å²) in [5.41, 5.74) is 0.213. The van der Waals surface area contributed by atoms with Crippen molar-refractivity contribution in [2.75, 3.05) is 13.2 Å². The molecular formula is C23H26O9. The predicted molar refractivity (Wildman–Crippen MR) is 108 cm³/mol. The number of rotatable bonds is 5. The van der Waals surface area contributed by atoms with Crippen molar-refractivity contribution in [2.24, 2.45) is 17.8 Å². The fraction of sp³-hybridized carbons (Fsp3) is 0.565. The van der Waals surface area contributed by atoms with E-state index >= 15 is 0 Å². The first-order chi connectivity index (χ1) is 15.0. The van der Waals surface area contributed by atoms with E-state index in [-0.39, 0.29) is 36.0 Å². The van der Waals surface area contributed by atoms with Crippen molar-refractivity contribution in [3.05, 3.63) is 36.5 Å². The van der Waals surface area contributed by atoms with Crippen molar-refractivity contribution in [3.8, 4) is 0 Å². The van der Waals surface area contributed by atoms with Crippen LogP contribution in [0.4, 0.5) is 0 Å². The van der Waals surface area contributed by atoms with Gasteiger partial charge in [0.2, 0.25) is 0 Å². The third-order valence-electron chi connectivity index (χ3n) is 6.80. The van der Waals surface area contributed by atoms with Gasteiger partial charge in [0.15, 0.2) is 0 Å². The minimum absolute atomic E-state index is 0.0282. The Bertz CT molecular complexity index is 928. The Morgan fingerprint density at radius 2 is 1.84 bits per heavy atom. The summed E-state index contributed by atoms with van der Waals surface area (Å²) in [6, 6.07) is 0. The number of ether oxygens (including phenoxy) is 5. The van der Waals surface area contributed by atoms with Crippen LogP contribution in [0, 0.1) is 17.8 Å². The average Bonchev–Trinajstić information content (AvgIpc) is 3.38. The largest absolute Gasteiger partial charge is 0.461 e. The number of carbonyl (C=O) groups excluding carboxylic acids is 4. The molecule has 0 N–H and O–H groups in total. The quantitative estimate of drug-likeness (QED) is 0.203. The molecule has 2 heterocycles. The lowest BCUT2D eigenvalue weighted by atomic mass is 9.78. The maximum atomic E-state index is 12.6. The van der Waals surface area contributed by atoms with E-state index in [1.807, 2.05) is 0 Å². The Kier molecular flexibility index (Phi) is 5.48. The molecule has 0 aromatic heterocycles. The van der Waals surface area contributed by atoms with E-state index in [1.165, 1.54) is 13.8 Å². The monoisotopic (exact) mass is 446 g/mol. The second kappa shape index (κ2) is 7.88. The van der Waals surface area contributed by atoms with Crippen molar-refractivity contribution in [1.82, 2.24) is 0 Å². The van der Waals surface area contributed by atoms with Gasteiger partial charge >= 0.3 is 23.9 Å². The maximum absolute atomic E-state index is 12.6. The summed E-state index contributed by atoms with van der Waals surface area (Å²) < 4.78 is 27.6. The number of hydrogen-bond donors (Lipinski definition) is 0. The SMILES string of the molecule is C=C(COC(C)=O)C(=O)O[C@H]1CC(=C)[C@@H]2C[C@H](OC(C)=O)[C@]3(CO3)[C@@H]2[C@H]2OC(=O)C(=C)[C@@H]21. The molecule has 2 aliphatic carbocycles. The van der Waals surface area contributed by atoms with Crippen LogP contribution < -0.4 is 0 Å². The average molecular weight is 446 g/mol. The first-order valence-electron chi connectivity index (χ1n) is 10.5. The highest BCUT2D eigenvalue weighted by Gasteiger charge is 2.72. The molecule has 4 rings (SSSR count). The summed E-state index contributed by atoms with van der Waals surface area (Å²) in [5, 5.41) is 0. The molecule has 9 heteroatoms. The second-order valence-electron chi connectivity index (χ2n) is 8.82. The van der Waals surface area contributed by atoms with Gasteiger partial charge in [-0.3, -0.25) is 9.59 Å². The predicted octanol–water partition coefficient (Wildman–Crippen LogP) is 1.41. The van der Waals surface area contributed by atoms with E-state index < -0.39 is 53.7 Å². The summed E-state index contributed by atoms with van der Waals surface area (Å²) in [5.74, 6) is -3.32. The van der Waals surface area contributed by atoms with Crippen LogP contribution in [0.15, 0.2) is 36.5 Å². The second-order valence-corrected chi connectivity index (χ2v) is 8.82. The number of fused-ring (bicyclic) bond motifs is 4. The van der Waals surface area contributed by atoms with Crippen LogP contribution in [-0.2, 0) is 42.9 Å². The summed E-state index contributed by atoms with van der Waals surface area (Å²) in [7, 11) is 0. The van der Waals surface area contributed by atoms with E-state index in [1.54, 1.807) is 0 Å². The van der Waals surface area contributed by atoms with Gasteiger partial charge in [-0.2, -0.15) is 0 Å². The van der Waals surface area contributed by atoms with Crippen molar-refractivity contribution in [1.29, 1.82) is 0 Å². The summed E-state index contributed by atoms with van der Waals surface area (Å²) >= 11 is 0. The lowest BCUT2D eigenvalue weighted by molar-refractivity contribution is -0.155. The molecule has 0 bridgehead atoms. The van der Waals surface area contributed by atoms with Gasteiger partial charge in [0.25, 0.3) is 0 Å². The standard InChI is InChI=1S/C23H26O9/c1-10-6-16(31-21(26)11(2)8-28-13(4)24)18-12(3)22(27)32-20(18)19-15(10)7-17(30-14(5)25)23(19)9-29-23/h15-20H,1-3,6-9H2,4-5H3/t15-,16-,17-,18+,19-,20-,23+/m0/s1. The van der Waals surface area contributed by atoms with Crippen molar-refractivity contribution < 1.29 is 42.9 Å². The molecular weight excluding hydrogens is 420 g/mol. The highest BCUT2D eigenvalue weighted by molar-refractivity contribution is 5.92. The lowest BCUT2D eigenvalue weighted by Crippen LogP contribution is -2.44. The summed E-state index contributed by atoms with van der Waals surface area (Å²) in [6.07, 6.45) is -1.14. The molecule has 32 heavy (non-hydrogen) atoms. The van der Waals surface area contributed by atoms with E-state index in [9.17, 15) is 19.2 Å². The van der Waals surface area contributed by atoms with Crippen LogP contribution in [0.1, 0.15) is 26.7 Å². The zero-order valence-corrected chi connectivity index (χ0v) is 18.1. The van der Waals surface area contributed by atoms with Crippen LogP contribution in [0.2, 0.25) is 0 Å². The van der Waals surface area contributed by atoms with Crippen molar-refractivity contribution in [2.45, 2.75) is 50.6 Å². The first kappa shape index (κ1) is 22.3. The third-order valence-corrected chi connectivity index (χ3v) is 6.80. The zero-order chi connectivity index (χ0) is 23.4. The van der Waals surface area contributed by atoms with E-state index in [4.69, 9.17) is 23.7 Å². The fourth-order valence-electron chi connectivity index (χ4n) is 5.33. The first-order valence-corrected chi connectivity index (χ1v) is 10.5. The molecule has 2 saturated heterocycles. The topological polar surface area (TPSA) is 118 Å². The van der Waals surface area contributed by atoms with Crippen molar-refractivity contribution >= 4 is 23.9 Å². The summed E-state index contributed by atoms with van der Waals surface area (Å²) in [4.78, 5) is 47.7. The van der Waals surface area contributed by atoms with Gasteiger partial charge in [-0.15, -0.1) is 0 Å². The number of hydrogen-bond acceptors (Lipinski definition) is 9. The molecule has 1 spiro atoms. The summed E-state index contributed by atoms with van der Waals surface area (Å²) in [6.45, 7) is 14.4. The van der Waals surface area contributed by atoms with Crippen LogP contribution >= 0.6 is 0 Å². The molecule has 7 atom stereocenters. The molecule has 172 valence electrons. The minimum atomic E-state index is -0.762. The highest BCUT2D eigenvalue weighted by Crippen LogP contribution is 2.61. The van der Waals surface area contributed by atoms with Gasteiger partial charge in [0.1, 0.15) is 30.5 Å². The van der Waals surface area contributed by atoms with Crippen molar-refractivity contribution in [3.63, 3.8) is 0 Å². The number of esters is 4. The van der Waals surface area contributed by atoms with Gasteiger partial charge < -0.3 is 23.7 Å². The Balaban J connectivity index is 1.60. The molecule has 0 aromatic rings. The van der Waals surface area contributed by atoms with E-state index in [0.29, 0.717) is 13.0 Å². The molecule has 0 aromatic carbocycles. The number of carbonyl (C=O) groups is 4. The van der Waals surface area contributed by atoms with Crippen LogP contribution in [-0.4, -0.2) is 61.0 Å². The van der Waals surface area contributed by atoms with Gasteiger partial charge in [-0.1, -0.05) is 25.3 Å². The fourth-order valence-corrected chi connectivity index (χ4v) is 5.33. The van der Waals surface area contributed by atoms with Crippen LogP contribution in [0.25, 0.3) is 0 Å². The van der Waals surface area contributed by atoms with Gasteiger partial charge in [-0.05, 0) is 12.3 Å². The smallest absolute Gasteiger partial charge is 0.337 e. The molecule has 9 nitrogen and oxygen atoms in total. The molecule has 4 aliphatic rings. The zero-order valence-electron chi connectivity index (χ0n) is 18.1. The minimum Gasteiger partial charge on any atom is -0.461 e. The molecule has 0 amide bonds. The van der Waals surface area contributed by atoms with Gasteiger partial charge in [-0.25, -0.2) is 9.59 Å². The van der Waals surface area contributed by atoms with E-state index in [2.05, 4.69) is 19.7 Å². The normalized spacial score (nSPS) is 37.1. The molecule has 4 fully saturated rings. The van der Waals surface area contributed by atoms with E-state index in [0.717, 1.165) is 5.57 Å². The third kappa shape index (κ3) is 3.64. The Morgan fingerprint density at radius 3 is 2.44 bits per heavy atom. The maximum Gasteiger partial charge on any atom is 0.337 e. The lowest BCUT2D eigenvalue weighted by Gasteiger charge is -2.30. The van der Waals surface area contributed by atoms with Crippen LogP contribution in [0.3, 0.4) is 0 Å². The number of epoxide rings is 1. The van der Waals surface area contributed by atoms with Crippen LogP contribution in [0.5, 0.6) is 0 Å². The molecule has 0 radical (unpaired) electrons. The molecule has 2 saturated carbocycles. The Labute approximate surface area is 185 Å². The van der Waals surface area contributed by atoms with Gasteiger partial charge in [0, 0.05) is 31.8 Å². The van der Waals surface area contributed by atoms with Gasteiger partial charge in [0.05, 0.1) is 18.1 Å². The Morgan fingerprint density at radius 1 is 1.16 bits per heavy atom.